The number of aliphatic hydroxyl groups excluding tert-OH is 2. The van der Waals surface area contributed by atoms with Crippen LogP contribution in [0.4, 0.5) is 10.1 Å². The summed E-state index contributed by atoms with van der Waals surface area (Å²) in [6.45, 7) is 2.11. The highest BCUT2D eigenvalue weighted by Gasteiger charge is 2.39. The van der Waals surface area contributed by atoms with Crippen LogP contribution in [0.5, 0.6) is 5.75 Å². The van der Waals surface area contributed by atoms with E-state index >= 15 is 0 Å². The average molecular weight is 568 g/mol. The van der Waals surface area contributed by atoms with Gasteiger partial charge in [0, 0.05) is 35.9 Å². The number of aliphatic hydroxyl groups is 2. The van der Waals surface area contributed by atoms with Crippen LogP contribution in [0.2, 0.25) is 0 Å². The summed E-state index contributed by atoms with van der Waals surface area (Å²) in [5.74, 6) is -1.14. The molecular formula is C33H42FNO6. The Morgan fingerprint density at radius 3 is 2.44 bits per heavy atom. The van der Waals surface area contributed by atoms with Crippen molar-refractivity contribution in [2.45, 2.75) is 89.8 Å². The Bertz CT molecular complexity index is 1150. The van der Waals surface area contributed by atoms with E-state index in [4.69, 9.17) is 4.74 Å². The molecule has 3 N–H and O–H groups in total. The molecule has 222 valence electrons. The fourth-order valence-electron chi connectivity index (χ4n) is 5.13. The summed E-state index contributed by atoms with van der Waals surface area (Å²) in [5, 5.41) is 23.2. The number of anilines is 1. The minimum atomic E-state index is -0.693. The van der Waals surface area contributed by atoms with Gasteiger partial charge in [0.25, 0.3) is 5.91 Å². The number of carbonyl (C=O) groups is 3. The molecule has 7 nitrogen and oxygen atoms in total. The summed E-state index contributed by atoms with van der Waals surface area (Å²) in [6, 6.07) is 11.7. The zero-order valence-corrected chi connectivity index (χ0v) is 23.8. The lowest BCUT2D eigenvalue weighted by Crippen LogP contribution is -2.19. The number of hydrogen-bond donors (Lipinski definition) is 3. The number of unbranched alkanes of at least 4 members (excludes halogenated alkanes) is 5. The molecule has 1 aliphatic rings. The zero-order chi connectivity index (χ0) is 29.6. The molecule has 1 saturated carbocycles. The lowest BCUT2D eigenvalue weighted by atomic mass is 9.88. The highest BCUT2D eigenvalue weighted by Crippen LogP contribution is 2.34. The molecule has 41 heavy (non-hydrogen) atoms. The van der Waals surface area contributed by atoms with Crippen molar-refractivity contribution in [2.24, 2.45) is 11.8 Å². The number of ketones is 1. The maximum atomic E-state index is 13.0. The van der Waals surface area contributed by atoms with Crippen molar-refractivity contribution in [3.63, 3.8) is 0 Å². The van der Waals surface area contributed by atoms with Gasteiger partial charge < -0.3 is 20.3 Å². The number of amides is 1. The molecule has 0 radical (unpaired) electrons. The molecule has 1 fully saturated rings. The van der Waals surface area contributed by atoms with Gasteiger partial charge in [-0.2, -0.15) is 0 Å². The fraction of sp³-hybridized carbons (Fsp3) is 0.485. The highest BCUT2D eigenvalue weighted by molar-refractivity contribution is 6.04. The second-order valence-electron chi connectivity index (χ2n) is 10.8. The number of esters is 1. The first kappa shape index (κ1) is 32.2. The fourth-order valence-corrected chi connectivity index (χ4v) is 5.13. The van der Waals surface area contributed by atoms with Crippen LogP contribution in [0.1, 0.15) is 87.9 Å². The van der Waals surface area contributed by atoms with E-state index in [2.05, 4.69) is 12.2 Å². The first-order valence-electron chi connectivity index (χ1n) is 14.7. The molecule has 8 heteroatoms. The van der Waals surface area contributed by atoms with Crippen LogP contribution < -0.4 is 10.1 Å². The van der Waals surface area contributed by atoms with Crippen LogP contribution in [0, 0.1) is 17.7 Å². The maximum Gasteiger partial charge on any atom is 0.311 e. The molecule has 3 rings (SSSR count). The molecule has 0 bridgehead atoms. The number of nitrogens with one attached hydrogen (secondary N) is 1. The Labute approximate surface area is 241 Å². The summed E-state index contributed by atoms with van der Waals surface area (Å²) in [5.41, 5.74) is 0.854. The molecular weight excluding hydrogens is 525 g/mol. The van der Waals surface area contributed by atoms with E-state index in [-0.39, 0.29) is 42.3 Å². The SMILES string of the molecule is CCCCCC(O)/C=C/[C@H]1[C@H](O)CC(=O)[C@@H]1CCCCCCC(=O)Oc1ccc(NC(=O)c2ccc(F)cc2)cc1. The predicted molar refractivity (Wildman–Crippen MR) is 156 cm³/mol. The molecule has 2 aromatic carbocycles. The third-order valence-corrected chi connectivity index (χ3v) is 7.49. The quantitative estimate of drug-likeness (QED) is 0.0938. The Morgan fingerprint density at radius 1 is 1.02 bits per heavy atom. The van der Waals surface area contributed by atoms with Gasteiger partial charge in [-0.15, -0.1) is 0 Å². The van der Waals surface area contributed by atoms with E-state index in [1.54, 1.807) is 30.3 Å². The van der Waals surface area contributed by atoms with E-state index < -0.39 is 18.0 Å². The van der Waals surface area contributed by atoms with Crippen LogP contribution in [0.3, 0.4) is 0 Å². The summed E-state index contributed by atoms with van der Waals surface area (Å²) >= 11 is 0. The van der Waals surface area contributed by atoms with Gasteiger partial charge in [-0.05, 0) is 67.8 Å². The predicted octanol–water partition coefficient (Wildman–Crippen LogP) is 6.39. The van der Waals surface area contributed by atoms with Gasteiger partial charge in [0.1, 0.15) is 17.3 Å². The lowest BCUT2D eigenvalue weighted by molar-refractivity contribution is -0.134. The van der Waals surface area contributed by atoms with Gasteiger partial charge in [-0.1, -0.05) is 57.6 Å². The molecule has 1 unspecified atom stereocenters. The number of Topliss-reactive ketones (excluding diaryl/α,β-unsaturated/α-hetero) is 1. The van der Waals surface area contributed by atoms with E-state index in [0.717, 1.165) is 38.5 Å². The van der Waals surface area contributed by atoms with E-state index in [9.17, 15) is 29.0 Å². The summed E-state index contributed by atoms with van der Waals surface area (Å²) in [7, 11) is 0. The Hall–Kier alpha value is -3.36. The van der Waals surface area contributed by atoms with Crippen LogP contribution in [-0.4, -0.2) is 40.1 Å². The first-order valence-corrected chi connectivity index (χ1v) is 14.7. The number of carbonyl (C=O) groups excluding carboxylic acids is 3. The Kier molecular flexibility index (Phi) is 13.2. The topological polar surface area (TPSA) is 113 Å². The van der Waals surface area contributed by atoms with Crippen molar-refractivity contribution in [3.05, 3.63) is 72.1 Å². The summed E-state index contributed by atoms with van der Waals surface area (Å²) in [6.07, 6.45) is 10.4. The van der Waals surface area contributed by atoms with Gasteiger partial charge in [-0.25, -0.2) is 4.39 Å². The molecule has 0 saturated heterocycles. The maximum absolute atomic E-state index is 13.0. The van der Waals surface area contributed by atoms with E-state index in [0.29, 0.717) is 36.3 Å². The van der Waals surface area contributed by atoms with Crippen molar-refractivity contribution in [1.29, 1.82) is 0 Å². The minimum absolute atomic E-state index is 0.0808. The van der Waals surface area contributed by atoms with Crippen molar-refractivity contribution in [1.82, 2.24) is 0 Å². The third-order valence-electron chi connectivity index (χ3n) is 7.49. The van der Waals surface area contributed by atoms with Gasteiger partial charge in [0.05, 0.1) is 12.2 Å². The van der Waals surface area contributed by atoms with Crippen molar-refractivity contribution < 1.29 is 33.7 Å². The number of rotatable bonds is 16. The molecule has 1 aliphatic carbocycles. The first-order chi connectivity index (χ1) is 19.8. The molecule has 0 heterocycles. The lowest BCUT2D eigenvalue weighted by Gasteiger charge is -2.18. The molecule has 0 aromatic heterocycles. The van der Waals surface area contributed by atoms with Gasteiger partial charge in [0.15, 0.2) is 0 Å². The van der Waals surface area contributed by atoms with Crippen molar-refractivity contribution >= 4 is 23.3 Å². The van der Waals surface area contributed by atoms with Crippen LogP contribution >= 0.6 is 0 Å². The molecule has 2 aromatic rings. The Balaban J connectivity index is 1.32. The highest BCUT2D eigenvalue weighted by atomic mass is 19.1. The molecule has 0 spiro atoms. The second-order valence-corrected chi connectivity index (χ2v) is 10.8. The second kappa shape index (κ2) is 16.8. The molecule has 4 atom stereocenters. The van der Waals surface area contributed by atoms with E-state index in [1.807, 2.05) is 6.08 Å². The van der Waals surface area contributed by atoms with Gasteiger partial charge in [0.2, 0.25) is 0 Å². The largest absolute Gasteiger partial charge is 0.427 e. The zero-order valence-electron chi connectivity index (χ0n) is 23.8. The number of halogens is 1. The summed E-state index contributed by atoms with van der Waals surface area (Å²) < 4.78 is 18.4. The van der Waals surface area contributed by atoms with Crippen LogP contribution in [-0.2, 0) is 9.59 Å². The van der Waals surface area contributed by atoms with Crippen LogP contribution in [0.25, 0.3) is 0 Å². The summed E-state index contributed by atoms with van der Waals surface area (Å²) in [4.78, 5) is 36.9. The Morgan fingerprint density at radius 2 is 1.73 bits per heavy atom. The van der Waals surface area contributed by atoms with Gasteiger partial charge in [-0.3, -0.25) is 14.4 Å². The molecule has 1 amide bonds. The smallest absolute Gasteiger partial charge is 0.311 e. The third kappa shape index (κ3) is 10.9. The van der Waals surface area contributed by atoms with Gasteiger partial charge >= 0.3 is 5.97 Å². The van der Waals surface area contributed by atoms with E-state index in [1.165, 1.54) is 24.3 Å². The number of ether oxygens (including phenoxy) is 1. The monoisotopic (exact) mass is 567 g/mol. The minimum Gasteiger partial charge on any atom is -0.427 e. The standard InChI is InChI=1S/C33H42FNO6/c1-2-3-6-9-26(36)18-21-29-28(30(37)22-31(29)38)10-7-4-5-8-11-32(39)41-27-19-16-25(17-20-27)35-33(40)23-12-14-24(34)15-13-23/h12-21,26,28-29,31,36,38H,2-11,22H2,1H3,(H,35,40)/b21-18+/t26?,28-,29-,31-/m1/s1. The molecule has 0 aliphatic heterocycles. The van der Waals surface area contributed by atoms with Crippen molar-refractivity contribution in [3.8, 4) is 5.75 Å². The van der Waals surface area contributed by atoms with Crippen LogP contribution in [0.15, 0.2) is 60.7 Å². The normalized spacial score (nSPS) is 19.4. The number of hydrogen-bond acceptors (Lipinski definition) is 6. The average Bonchev–Trinajstić information content (AvgIpc) is 3.22. The van der Waals surface area contributed by atoms with Crippen molar-refractivity contribution in [2.75, 3.05) is 5.32 Å². The number of benzene rings is 2.